The standard InChI is InChI=1S/C40H58N/c1-2-3-4-5-6-7-8-9-10-11-12-13-14-15-16-17-27-34-41(35-38-28-21-18-22-29-38,36-39-30-23-19-24-31-39)37-40-32-25-20-26-33-40/h6-7,18-26,28-33H,2-5,8-17,27,34-37H2,1H3/q+1/b7-6+. The molecule has 0 fully saturated rings. The minimum absolute atomic E-state index is 1.08. The van der Waals surface area contributed by atoms with E-state index in [1.54, 1.807) is 0 Å². The van der Waals surface area contributed by atoms with Gasteiger partial charge in [0.15, 0.2) is 0 Å². The van der Waals surface area contributed by atoms with Crippen LogP contribution in [-0.2, 0) is 19.6 Å². The van der Waals surface area contributed by atoms with Crippen LogP contribution in [0.3, 0.4) is 0 Å². The Balaban J connectivity index is 1.40. The summed E-state index contributed by atoms with van der Waals surface area (Å²) in [5.74, 6) is 0. The number of benzene rings is 3. The van der Waals surface area contributed by atoms with Crippen molar-refractivity contribution in [3.63, 3.8) is 0 Å². The van der Waals surface area contributed by atoms with Gasteiger partial charge in [0.2, 0.25) is 0 Å². The zero-order valence-electron chi connectivity index (χ0n) is 26.2. The molecular weight excluding hydrogens is 494 g/mol. The summed E-state index contributed by atoms with van der Waals surface area (Å²) in [5, 5.41) is 0. The molecule has 0 saturated heterocycles. The molecule has 0 saturated carbocycles. The molecule has 222 valence electrons. The summed E-state index contributed by atoms with van der Waals surface area (Å²) < 4.78 is 1.09. The van der Waals surface area contributed by atoms with Gasteiger partial charge in [-0.2, -0.15) is 0 Å². The van der Waals surface area contributed by atoms with E-state index in [1.807, 2.05) is 0 Å². The van der Waals surface area contributed by atoms with E-state index in [1.165, 1.54) is 120 Å². The number of allylic oxidation sites excluding steroid dienone is 2. The summed E-state index contributed by atoms with van der Waals surface area (Å²) in [6.07, 6.45) is 25.3. The zero-order valence-corrected chi connectivity index (χ0v) is 26.2. The van der Waals surface area contributed by atoms with Crippen molar-refractivity contribution < 1.29 is 4.48 Å². The van der Waals surface area contributed by atoms with Crippen molar-refractivity contribution >= 4 is 0 Å². The normalized spacial score (nSPS) is 11.8. The highest BCUT2D eigenvalue weighted by Crippen LogP contribution is 2.26. The monoisotopic (exact) mass is 552 g/mol. The first kappa shape index (κ1) is 32.9. The van der Waals surface area contributed by atoms with Crippen LogP contribution >= 0.6 is 0 Å². The molecule has 0 amide bonds. The van der Waals surface area contributed by atoms with Crippen LogP contribution < -0.4 is 0 Å². The topological polar surface area (TPSA) is 0 Å². The lowest BCUT2D eigenvalue weighted by Gasteiger charge is -2.39. The van der Waals surface area contributed by atoms with Gasteiger partial charge in [0.1, 0.15) is 19.6 Å². The van der Waals surface area contributed by atoms with E-state index < -0.39 is 0 Å². The number of hydrogen-bond donors (Lipinski definition) is 0. The number of unbranched alkanes of at least 4 members (excludes halogenated alkanes) is 13. The molecule has 1 nitrogen and oxygen atoms in total. The summed E-state index contributed by atoms with van der Waals surface area (Å²) >= 11 is 0. The first-order chi connectivity index (χ1) is 20.3. The summed E-state index contributed by atoms with van der Waals surface area (Å²) in [4.78, 5) is 0. The highest BCUT2D eigenvalue weighted by Gasteiger charge is 2.28. The summed E-state index contributed by atoms with van der Waals surface area (Å²) in [7, 11) is 0. The Kier molecular flexibility index (Phi) is 16.9. The molecule has 0 bridgehead atoms. The van der Waals surface area contributed by atoms with Gasteiger partial charge in [-0.25, -0.2) is 0 Å². The van der Waals surface area contributed by atoms with E-state index in [2.05, 4.69) is 110 Å². The Morgan fingerprint density at radius 3 is 1.15 bits per heavy atom. The fourth-order valence-electron chi connectivity index (χ4n) is 6.19. The number of quaternary nitrogens is 1. The first-order valence-electron chi connectivity index (χ1n) is 16.9. The molecular formula is C40H58N+. The van der Waals surface area contributed by atoms with Crippen molar-refractivity contribution in [2.24, 2.45) is 0 Å². The molecule has 0 heterocycles. The second-order valence-corrected chi connectivity index (χ2v) is 12.3. The van der Waals surface area contributed by atoms with Crippen LogP contribution in [0.5, 0.6) is 0 Å². The Labute approximate surface area is 253 Å². The van der Waals surface area contributed by atoms with Gasteiger partial charge in [0.25, 0.3) is 0 Å². The minimum Gasteiger partial charge on any atom is -0.312 e. The lowest BCUT2D eigenvalue weighted by molar-refractivity contribution is -0.966. The molecule has 0 spiro atoms. The Morgan fingerprint density at radius 1 is 0.415 bits per heavy atom. The molecule has 1 heteroatoms. The Hall–Kier alpha value is -2.64. The number of nitrogens with zero attached hydrogens (tertiary/aromatic N) is 1. The maximum absolute atomic E-state index is 2.42. The van der Waals surface area contributed by atoms with Crippen molar-refractivity contribution in [1.82, 2.24) is 0 Å². The molecule has 0 atom stereocenters. The molecule has 41 heavy (non-hydrogen) atoms. The fraction of sp³-hybridized carbons (Fsp3) is 0.500. The third kappa shape index (κ3) is 14.7. The average Bonchev–Trinajstić information content (AvgIpc) is 3.00. The quantitative estimate of drug-likeness (QED) is 0.0623. The van der Waals surface area contributed by atoms with Crippen LogP contribution in [0.25, 0.3) is 0 Å². The van der Waals surface area contributed by atoms with Crippen molar-refractivity contribution in [2.45, 2.75) is 123 Å². The third-order valence-electron chi connectivity index (χ3n) is 8.48. The molecule has 0 aliphatic carbocycles. The number of hydrogen-bond acceptors (Lipinski definition) is 0. The van der Waals surface area contributed by atoms with Gasteiger partial charge in [0, 0.05) is 16.7 Å². The van der Waals surface area contributed by atoms with Gasteiger partial charge in [-0.3, -0.25) is 0 Å². The van der Waals surface area contributed by atoms with Crippen molar-refractivity contribution in [2.75, 3.05) is 6.54 Å². The third-order valence-corrected chi connectivity index (χ3v) is 8.48. The molecule has 0 N–H and O–H groups in total. The molecule has 0 radical (unpaired) electrons. The van der Waals surface area contributed by atoms with Crippen molar-refractivity contribution in [3.05, 3.63) is 120 Å². The van der Waals surface area contributed by atoms with Gasteiger partial charge in [0.05, 0.1) is 6.54 Å². The van der Waals surface area contributed by atoms with E-state index in [9.17, 15) is 0 Å². The van der Waals surface area contributed by atoms with Crippen LogP contribution in [0.1, 0.15) is 120 Å². The fourth-order valence-corrected chi connectivity index (χ4v) is 6.19. The lowest BCUT2D eigenvalue weighted by atomic mass is 10.0. The molecule has 0 aliphatic rings. The molecule has 0 aliphatic heterocycles. The van der Waals surface area contributed by atoms with Gasteiger partial charge in [-0.05, 0) is 38.5 Å². The van der Waals surface area contributed by atoms with E-state index >= 15 is 0 Å². The highest BCUT2D eigenvalue weighted by molar-refractivity contribution is 5.17. The summed E-state index contributed by atoms with van der Waals surface area (Å²) in [6.45, 7) is 6.76. The molecule has 3 aromatic carbocycles. The maximum Gasteiger partial charge on any atom is 0.105 e. The summed E-state index contributed by atoms with van der Waals surface area (Å²) in [5.41, 5.74) is 4.34. The average molecular weight is 553 g/mol. The molecule has 0 aromatic heterocycles. The minimum atomic E-state index is 1.08. The van der Waals surface area contributed by atoms with E-state index in [0.29, 0.717) is 0 Å². The maximum atomic E-state index is 2.42. The molecule has 0 unspecified atom stereocenters. The van der Waals surface area contributed by atoms with Gasteiger partial charge in [-0.15, -0.1) is 0 Å². The van der Waals surface area contributed by atoms with Crippen LogP contribution in [-0.4, -0.2) is 11.0 Å². The number of rotatable bonds is 23. The smallest absolute Gasteiger partial charge is 0.105 e. The van der Waals surface area contributed by atoms with Crippen LogP contribution in [0, 0.1) is 0 Å². The predicted molar refractivity (Wildman–Crippen MR) is 180 cm³/mol. The van der Waals surface area contributed by atoms with Crippen molar-refractivity contribution in [1.29, 1.82) is 0 Å². The second-order valence-electron chi connectivity index (χ2n) is 12.3. The first-order valence-corrected chi connectivity index (χ1v) is 16.9. The molecule has 3 rings (SSSR count). The van der Waals surface area contributed by atoms with Crippen LogP contribution in [0.15, 0.2) is 103 Å². The van der Waals surface area contributed by atoms with Gasteiger partial charge >= 0.3 is 0 Å². The predicted octanol–water partition coefficient (Wildman–Crippen LogP) is 11.8. The van der Waals surface area contributed by atoms with Crippen LogP contribution in [0.2, 0.25) is 0 Å². The van der Waals surface area contributed by atoms with E-state index in [0.717, 1.165) is 24.1 Å². The van der Waals surface area contributed by atoms with Crippen molar-refractivity contribution in [3.8, 4) is 0 Å². The van der Waals surface area contributed by atoms with E-state index in [-0.39, 0.29) is 0 Å². The second kappa shape index (κ2) is 21.1. The van der Waals surface area contributed by atoms with Crippen LogP contribution in [0.4, 0.5) is 0 Å². The Morgan fingerprint density at radius 2 is 0.756 bits per heavy atom. The van der Waals surface area contributed by atoms with Gasteiger partial charge in [-0.1, -0.05) is 168 Å². The van der Waals surface area contributed by atoms with Gasteiger partial charge < -0.3 is 4.48 Å². The summed E-state index contributed by atoms with van der Waals surface area (Å²) in [6, 6.07) is 33.5. The molecule has 3 aromatic rings. The lowest BCUT2D eigenvalue weighted by Crippen LogP contribution is -2.46. The largest absolute Gasteiger partial charge is 0.312 e. The van der Waals surface area contributed by atoms with E-state index in [4.69, 9.17) is 0 Å². The SMILES string of the molecule is CCCCC/C=C/CCCCCCCCCCCC[N+](Cc1ccccc1)(Cc1ccccc1)Cc1ccccc1. The Bertz CT molecular complexity index is 923. The zero-order chi connectivity index (χ0) is 28.7. The highest BCUT2D eigenvalue weighted by atomic mass is 15.3.